The number of nitrogens with zero attached hydrogens (tertiary/aromatic N) is 3. The summed E-state index contributed by atoms with van der Waals surface area (Å²) >= 11 is 0. The quantitative estimate of drug-likeness (QED) is 0.734. The van der Waals surface area contributed by atoms with Crippen LogP contribution < -0.4 is 5.73 Å². The van der Waals surface area contributed by atoms with Crippen LogP contribution in [0.5, 0.6) is 0 Å². The first kappa shape index (κ1) is 19.0. The Morgan fingerprint density at radius 2 is 2.15 bits per heavy atom. The van der Waals surface area contributed by atoms with Gasteiger partial charge >= 0.3 is 0 Å². The third kappa shape index (κ3) is 3.83. The van der Waals surface area contributed by atoms with Gasteiger partial charge in [0.1, 0.15) is 0 Å². The molecule has 0 saturated heterocycles. The molecule has 1 aliphatic carbocycles. The highest BCUT2D eigenvalue weighted by atomic mass is 15.0. The van der Waals surface area contributed by atoms with Crippen molar-refractivity contribution in [2.45, 2.75) is 53.0 Å². The van der Waals surface area contributed by atoms with Crippen molar-refractivity contribution in [3.8, 4) is 6.07 Å². The molecule has 1 fully saturated rings. The highest BCUT2D eigenvalue weighted by Crippen LogP contribution is 2.39. The second kappa shape index (κ2) is 7.84. The van der Waals surface area contributed by atoms with Crippen LogP contribution in [0.2, 0.25) is 0 Å². The van der Waals surface area contributed by atoms with E-state index in [1.807, 2.05) is 33.1 Å². The van der Waals surface area contributed by atoms with Crippen LogP contribution in [0.15, 0.2) is 41.3 Å². The van der Waals surface area contributed by atoms with Crippen LogP contribution in [-0.4, -0.2) is 10.8 Å². The number of hydrogen-bond donors (Lipinski definition) is 1. The van der Waals surface area contributed by atoms with Crippen molar-refractivity contribution in [2.75, 3.05) is 0 Å². The lowest BCUT2D eigenvalue weighted by atomic mass is 10.0. The summed E-state index contributed by atoms with van der Waals surface area (Å²) in [5.41, 5.74) is 11.5. The van der Waals surface area contributed by atoms with Gasteiger partial charge in [0, 0.05) is 46.8 Å². The predicted molar refractivity (Wildman–Crippen MR) is 114 cm³/mol. The molecule has 0 amide bonds. The van der Waals surface area contributed by atoms with Crippen molar-refractivity contribution < 1.29 is 0 Å². The van der Waals surface area contributed by atoms with Crippen molar-refractivity contribution in [1.82, 2.24) is 4.57 Å². The van der Waals surface area contributed by atoms with Crippen molar-refractivity contribution in [1.29, 1.82) is 5.26 Å². The Morgan fingerprint density at radius 3 is 2.74 bits per heavy atom. The fourth-order valence-electron chi connectivity index (χ4n) is 4.02. The van der Waals surface area contributed by atoms with E-state index in [4.69, 9.17) is 5.73 Å². The zero-order valence-electron chi connectivity index (χ0n) is 16.7. The van der Waals surface area contributed by atoms with E-state index in [0.717, 1.165) is 33.6 Å². The van der Waals surface area contributed by atoms with Gasteiger partial charge in [0.05, 0.1) is 11.6 Å². The highest BCUT2D eigenvalue weighted by Gasteiger charge is 2.25. The lowest BCUT2D eigenvalue weighted by Gasteiger charge is -2.14. The molecule has 1 aromatic heterocycles. The molecule has 0 bridgehead atoms. The number of nitrogens with two attached hydrogens (primary N) is 1. The van der Waals surface area contributed by atoms with E-state index in [2.05, 4.69) is 40.9 Å². The SMILES string of the molecule is C/C=C(/C=N\C=C(/C)N)c1cn(C2CCC(C)C2)c2cc(C)c(C#N)cc12. The molecule has 2 aromatic rings. The maximum atomic E-state index is 9.50. The molecule has 4 nitrogen and oxygen atoms in total. The second-order valence-corrected chi connectivity index (χ2v) is 7.71. The first-order chi connectivity index (χ1) is 12.9. The van der Waals surface area contributed by atoms with Gasteiger partial charge in [0.25, 0.3) is 0 Å². The standard InChI is InChI=1S/C23H28N4/c1-5-18(13-26-12-17(4)25)22-14-27(20-7-6-15(2)8-20)23-9-16(3)19(11-24)10-21(22)23/h5,9-10,12-15,20H,6-8,25H2,1-4H3/b17-12+,18-5-,26-13-. The topological polar surface area (TPSA) is 67.1 Å². The molecule has 1 aromatic carbocycles. The summed E-state index contributed by atoms with van der Waals surface area (Å²) in [5, 5.41) is 10.6. The number of rotatable bonds is 4. The first-order valence-electron chi connectivity index (χ1n) is 9.62. The Labute approximate surface area is 161 Å². The minimum absolute atomic E-state index is 0.518. The number of aromatic nitrogens is 1. The number of hydrogen-bond acceptors (Lipinski definition) is 3. The number of nitriles is 1. The third-order valence-electron chi connectivity index (χ3n) is 5.47. The molecular formula is C23H28N4. The molecule has 0 spiro atoms. The summed E-state index contributed by atoms with van der Waals surface area (Å²) in [6, 6.07) is 7.03. The van der Waals surface area contributed by atoms with Crippen LogP contribution in [-0.2, 0) is 0 Å². The van der Waals surface area contributed by atoms with E-state index in [1.54, 1.807) is 6.20 Å². The Hall–Kier alpha value is -2.80. The molecule has 0 aliphatic heterocycles. The molecule has 3 rings (SSSR count). The molecule has 1 aliphatic rings. The summed E-state index contributed by atoms with van der Waals surface area (Å²) in [7, 11) is 0. The van der Waals surface area contributed by atoms with Crippen LogP contribution in [0, 0.1) is 24.2 Å². The van der Waals surface area contributed by atoms with Crippen LogP contribution >= 0.6 is 0 Å². The first-order valence-corrected chi connectivity index (χ1v) is 9.62. The van der Waals surface area contributed by atoms with Crippen molar-refractivity contribution >= 4 is 22.7 Å². The maximum Gasteiger partial charge on any atom is 0.0994 e. The molecular weight excluding hydrogens is 332 g/mol. The van der Waals surface area contributed by atoms with Crippen LogP contribution in [0.3, 0.4) is 0 Å². The molecule has 0 radical (unpaired) electrons. The van der Waals surface area contributed by atoms with Gasteiger partial charge in [-0.3, -0.25) is 4.99 Å². The zero-order valence-corrected chi connectivity index (χ0v) is 16.7. The number of aryl methyl sites for hydroxylation is 1. The maximum absolute atomic E-state index is 9.50. The van der Waals surface area contributed by atoms with Gasteiger partial charge in [-0.05, 0) is 69.2 Å². The molecule has 140 valence electrons. The van der Waals surface area contributed by atoms with Crippen molar-refractivity contribution in [3.05, 3.63) is 53.0 Å². The molecule has 4 heteroatoms. The van der Waals surface area contributed by atoms with Crippen LogP contribution in [0.1, 0.15) is 62.8 Å². The molecule has 2 unspecified atom stereocenters. The van der Waals surface area contributed by atoms with Gasteiger partial charge in [-0.15, -0.1) is 0 Å². The van der Waals surface area contributed by atoms with E-state index in [9.17, 15) is 5.26 Å². The summed E-state index contributed by atoms with van der Waals surface area (Å²) in [6.07, 6.45) is 11.5. The van der Waals surface area contributed by atoms with E-state index in [0.29, 0.717) is 11.7 Å². The smallest absolute Gasteiger partial charge is 0.0994 e. The van der Waals surface area contributed by atoms with E-state index in [-0.39, 0.29) is 0 Å². The average Bonchev–Trinajstić information content (AvgIpc) is 3.21. The lowest BCUT2D eigenvalue weighted by molar-refractivity contribution is 0.507. The van der Waals surface area contributed by atoms with Gasteiger partial charge in [-0.25, -0.2) is 0 Å². The monoisotopic (exact) mass is 360 g/mol. The lowest BCUT2D eigenvalue weighted by Crippen LogP contribution is -2.04. The number of benzene rings is 1. The normalized spacial score (nSPS) is 21.3. The van der Waals surface area contributed by atoms with Crippen molar-refractivity contribution in [3.63, 3.8) is 0 Å². The second-order valence-electron chi connectivity index (χ2n) is 7.71. The molecule has 2 atom stereocenters. The van der Waals surface area contributed by atoms with Crippen LogP contribution in [0.25, 0.3) is 16.5 Å². The summed E-state index contributed by atoms with van der Waals surface area (Å²) in [6.45, 7) is 8.18. The molecule has 1 saturated carbocycles. The third-order valence-corrected chi connectivity index (χ3v) is 5.47. The van der Waals surface area contributed by atoms with Gasteiger partial charge in [0.15, 0.2) is 0 Å². The number of aliphatic imine (C=N–C) groups is 1. The molecule has 27 heavy (non-hydrogen) atoms. The highest BCUT2D eigenvalue weighted by molar-refractivity contribution is 6.15. The minimum Gasteiger partial charge on any atom is -0.401 e. The number of fused-ring (bicyclic) bond motifs is 1. The van der Waals surface area contributed by atoms with E-state index in [1.165, 1.54) is 24.8 Å². The summed E-state index contributed by atoms with van der Waals surface area (Å²) in [5.74, 6) is 0.760. The summed E-state index contributed by atoms with van der Waals surface area (Å²) in [4.78, 5) is 4.35. The van der Waals surface area contributed by atoms with Gasteiger partial charge in [-0.1, -0.05) is 13.0 Å². The van der Waals surface area contributed by atoms with E-state index >= 15 is 0 Å². The minimum atomic E-state index is 0.518. The molecule has 2 N–H and O–H groups in total. The Bertz CT molecular complexity index is 978. The number of allylic oxidation sites excluding steroid dienone is 3. The largest absolute Gasteiger partial charge is 0.401 e. The van der Waals surface area contributed by atoms with Gasteiger partial charge in [-0.2, -0.15) is 5.26 Å². The van der Waals surface area contributed by atoms with Gasteiger partial charge in [0.2, 0.25) is 0 Å². The Kier molecular flexibility index (Phi) is 5.51. The fourth-order valence-corrected chi connectivity index (χ4v) is 4.02. The van der Waals surface area contributed by atoms with Gasteiger partial charge < -0.3 is 10.3 Å². The Morgan fingerprint density at radius 1 is 1.37 bits per heavy atom. The zero-order chi connectivity index (χ0) is 19.6. The van der Waals surface area contributed by atoms with Crippen molar-refractivity contribution in [2.24, 2.45) is 16.6 Å². The predicted octanol–water partition coefficient (Wildman–Crippen LogP) is 5.48. The molecule has 1 heterocycles. The fraction of sp³-hybridized carbons (Fsp3) is 0.391. The Balaban J connectivity index is 2.18. The van der Waals surface area contributed by atoms with E-state index < -0.39 is 0 Å². The van der Waals surface area contributed by atoms with Crippen LogP contribution in [0.4, 0.5) is 0 Å². The average molecular weight is 361 g/mol. The summed E-state index contributed by atoms with van der Waals surface area (Å²) < 4.78 is 2.42.